The lowest BCUT2D eigenvalue weighted by atomic mass is 10.1. The molecule has 0 fully saturated rings. The zero-order valence-electron chi connectivity index (χ0n) is 15.4. The minimum absolute atomic E-state index is 0.0906. The van der Waals surface area contributed by atoms with Crippen LogP contribution in [0.25, 0.3) is 21.3 Å². The third kappa shape index (κ3) is 4.60. The normalized spacial score (nSPS) is 11.9. The Hall–Kier alpha value is -2.65. The quantitative estimate of drug-likeness (QED) is 0.572. The predicted molar refractivity (Wildman–Crippen MR) is 114 cm³/mol. The number of amides is 3. The fraction of sp³-hybridized carbons (Fsp3) is 0.263. The van der Waals surface area contributed by atoms with Gasteiger partial charge in [0.25, 0.3) is 5.56 Å². The summed E-state index contributed by atoms with van der Waals surface area (Å²) in [6.45, 7) is 1.93. The summed E-state index contributed by atoms with van der Waals surface area (Å²) in [4.78, 5) is 43.6. The van der Waals surface area contributed by atoms with Gasteiger partial charge in [0.1, 0.15) is 10.7 Å². The molecular formula is C19H20N4O3S2. The number of thiophene rings is 1. The summed E-state index contributed by atoms with van der Waals surface area (Å²) in [7, 11) is 1.45. The van der Waals surface area contributed by atoms with E-state index in [0.29, 0.717) is 21.8 Å². The second kappa shape index (κ2) is 9.03. The monoisotopic (exact) mass is 416 g/mol. The van der Waals surface area contributed by atoms with Crippen molar-refractivity contribution >= 4 is 45.3 Å². The first-order chi connectivity index (χ1) is 13.5. The molecule has 9 heteroatoms. The highest BCUT2D eigenvalue weighted by atomic mass is 32.2. The molecule has 3 aromatic rings. The molecule has 1 aromatic carbocycles. The van der Waals surface area contributed by atoms with Gasteiger partial charge in [0.2, 0.25) is 5.91 Å². The van der Waals surface area contributed by atoms with Gasteiger partial charge >= 0.3 is 6.03 Å². The topological polar surface area (TPSA) is 104 Å². The highest BCUT2D eigenvalue weighted by molar-refractivity contribution is 7.99. The molecule has 2 aromatic heterocycles. The largest absolute Gasteiger partial charge is 0.341 e. The number of aromatic amines is 1. The van der Waals surface area contributed by atoms with Gasteiger partial charge in [-0.2, -0.15) is 11.8 Å². The molecule has 146 valence electrons. The van der Waals surface area contributed by atoms with Gasteiger partial charge < -0.3 is 10.3 Å². The summed E-state index contributed by atoms with van der Waals surface area (Å²) in [6.07, 6.45) is 0.200. The van der Waals surface area contributed by atoms with Crippen LogP contribution >= 0.6 is 23.1 Å². The van der Waals surface area contributed by atoms with Crippen LogP contribution in [0, 0.1) is 0 Å². The van der Waals surface area contributed by atoms with Gasteiger partial charge in [-0.25, -0.2) is 9.78 Å². The maximum absolute atomic E-state index is 12.7. The summed E-state index contributed by atoms with van der Waals surface area (Å²) >= 11 is 2.94. The molecule has 0 saturated carbocycles. The third-order valence-corrected chi connectivity index (χ3v) is 6.14. The van der Waals surface area contributed by atoms with Crippen LogP contribution < -0.4 is 16.2 Å². The molecule has 1 atom stereocenters. The first-order valence-electron chi connectivity index (χ1n) is 8.69. The Kier molecular flexibility index (Phi) is 6.48. The number of aromatic nitrogens is 2. The van der Waals surface area contributed by atoms with Crippen molar-refractivity contribution in [2.75, 3.05) is 12.8 Å². The minimum atomic E-state index is -0.522. The van der Waals surface area contributed by atoms with E-state index in [9.17, 15) is 14.4 Å². The van der Waals surface area contributed by atoms with Crippen LogP contribution in [0.3, 0.4) is 0 Å². The molecule has 0 spiro atoms. The van der Waals surface area contributed by atoms with Crippen molar-refractivity contribution in [3.05, 3.63) is 51.9 Å². The van der Waals surface area contributed by atoms with Crippen molar-refractivity contribution in [2.24, 2.45) is 0 Å². The van der Waals surface area contributed by atoms with Crippen molar-refractivity contribution in [3.63, 3.8) is 0 Å². The fourth-order valence-corrected chi connectivity index (χ4v) is 4.53. The minimum Gasteiger partial charge on any atom is -0.341 e. The highest BCUT2D eigenvalue weighted by Gasteiger charge is 2.16. The van der Waals surface area contributed by atoms with Crippen molar-refractivity contribution in [1.82, 2.24) is 20.6 Å². The van der Waals surface area contributed by atoms with Crippen LogP contribution in [-0.4, -0.2) is 34.7 Å². The van der Waals surface area contributed by atoms with E-state index in [4.69, 9.17) is 0 Å². The summed E-state index contributed by atoms with van der Waals surface area (Å²) in [6, 6.07) is 9.23. The average molecular weight is 417 g/mol. The Morgan fingerprint density at radius 2 is 2.04 bits per heavy atom. The molecule has 3 amide bonds. The van der Waals surface area contributed by atoms with Crippen molar-refractivity contribution in [2.45, 2.75) is 18.6 Å². The SMILES string of the molecule is CNC(=O)NC(=O)CCS[C@@H](C)c1nc2scc(-c3ccccc3)c2c(=O)[nH]1. The van der Waals surface area contributed by atoms with Gasteiger partial charge in [0.05, 0.1) is 10.6 Å². The number of carbonyl (C=O) groups is 2. The number of fused-ring (bicyclic) bond motifs is 1. The highest BCUT2D eigenvalue weighted by Crippen LogP contribution is 2.32. The first kappa shape index (κ1) is 20.1. The molecule has 0 saturated heterocycles. The number of H-pyrrole nitrogens is 1. The second-order valence-corrected chi connectivity index (χ2v) is 8.34. The van der Waals surface area contributed by atoms with Crippen LogP contribution in [0.1, 0.15) is 24.4 Å². The van der Waals surface area contributed by atoms with Gasteiger partial charge in [-0.1, -0.05) is 30.3 Å². The van der Waals surface area contributed by atoms with Crippen molar-refractivity contribution in [3.8, 4) is 11.1 Å². The molecular weight excluding hydrogens is 396 g/mol. The smallest absolute Gasteiger partial charge is 0.321 e. The number of imide groups is 1. The zero-order chi connectivity index (χ0) is 20.1. The number of urea groups is 1. The first-order valence-corrected chi connectivity index (χ1v) is 10.6. The van der Waals surface area contributed by atoms with E-state index in [0.717, 1.165) is 11.1 Å². The van der Waals surface area contributed by atoms with Gasteiger partial charge in [0.15, 0.2) is 0 Å². The zero-order valence-corrected chi connectivity index (χ0v) is 17.1. The number of nitrogens with one attached hydrogen (secondary N) is 3. The Bertz CT molecular complexity index is 1050. The molecule has 28 heavy (non-hydrogen) atoms. The Balaban J connectivity index is 1.71. The molecule has 3 N–H and O–H groups in total. The van der Waals surface area contributed by atoms with E-state index in [2.05, 4.69) is 20.6 Å². The van der Waals surface area contributed by atoms with Crippen molar-refractivity contribution < 1.29 is 9.59 Å². The number of hydrogen-bond donors (Lipinski definition) is 3. The fourth-order valence-electron chi connectivity index (χ4n) is 2.65. The average Bonchev–Trinajstić information content (AvgIpc) is 3.13. The van der Waals surface area contributed by atoms with Crippen LogP contribution in [0.5, 0.6) is 0 Å². The summed E-state index contributed by atoms with van der Waals surface area (Å²) in [5.74, 6) is 0.739. The van der Waals surface area contributed by atoms with Gasteiger partial charge in [-0.05, 0) is 12.5 Å². The van der Waals surface area contributed by atoms with Gasteiger partial charge in [0, 0.05) is 30.2 Å². The Labute approximate surface area is 170 Å². The third-order valence-electron chi connectivity index (χ3n) is 4.11. The maximum Gasteiger partial charge on any atom is 0.321 e. The lowest BCUT2D eigenvalue weighted by Crippen LogP contribution is -2.37. The van der Waals surface area contributed by atoms with Crippen molar-refractivity contribution in [1.29, 1.82) is 0 Å². The number of hydrogen-bond acceptors (Lipinski definition) is 6. The lowest BCUT2D eigenvalue weighted by molar-refractivity contribution is -0.119. The summed E-state index contributed by atoms with van der Waals surface area (Å²) < 4.78 is 0. The Morgan fingerprint density at radius 1 is 1.29 bits per heavy atom. The van der Waals surface area contributed by atoms with Crippen LogP contribution in [0.15, 0.2) is 40.5 Å². The molecule has 2 heterocycles. The van der Waals surface area contributed by atoms with E-state index in [-0.39, 0.29) is 23.1 Å². The van der Waals surface area contributed by atoms with Gasteiger partial charge in [-0.3, -0.25) is 14.9 Å². The maximum atomic E-state index is 12.7. The number of thioether (sulfide) groups is 1. The summed E-state index contributed by atoms with van der Waals surface area (Å²) in [5, 5.41) is 7.01. The number of carbonyl (C=O) groups excluding carboxylic acids is 2. The molecule has 3 rings (SSSR count). The van der Waals surface area contributed by atoms with E-state index in [1.54, 1.807) is 0 Å². The molecule has 7 nitrogen and oxygen atoms in total. The molecule has 0 aliphatic rings. The lowest BCUT2D eigenvalue weighted by Gasteiger charge is -2.10. The van der Waals surface area contributed by atoms with E-state index in [1.807, 2.05) is 42.6 Å². The van der Waals surface area contributed by atoms with Crippen LogP contribution in [0.4, 0.5) is 4.79 Å². The number of benzene rings is 1. The molecule has 0 bridgehead atoms. The standard InChI is InChI=1S/C19H20N4O3S2/c1-11(27-9-8-14(24)21-19(26)20-2)16-22-17(25)15-13(10-28-18(15)23-16)12-6-4-3-5-7-12/h3-7,10-11H,8-9H2,1-2H3,(H,22,23,25)(H2,20,21,24,26)/t11-/m0/s1. The number of nitrogens with zero attached hydrogens (tertiary/aromatic N) is 1. The Morgan fingerprint density at radius 3 is 2.75 bits per heavy atom. The van der Waals surface area contributed by atoms with E-state index >= 15 is 0 Å². The number of rotatable bonds is 6. The van der Waals surface area contributed by atoms with Crippen LogP contribution in [0.2, 0.25) is 0 Å². The van der Waals surface area contributed by atoms with E-state index in [1.165, 1.54) is 30.1 Å². The molecule has 0 unspecified atom stereocenters. The molecule has 0 aliphatic carbocycles. The van der Waals surface area contributed by atoms with Gasteiger partial charge in [-0.15, -0.1) is 11.3 Å². The predicted octanol–water partition coefficient (Wildman–Crippen LogP) is 3.29. The second-order valence-electron chi connectivity index (χ2n) is 6.04. The van der Waals surface area contributed by atoms with Crippen LogP contribution in [-0.2, 0) is 4.79 Å². The molecule has 0 aliphatic heterocycles. The molecule has 0 radical (unpaired) electrons. The summed E-state index contributed by atoms with van der Waals surface area (Å²) in [5.41, 5.74) is 1.70. The van der Waals surface area contributed by atoms with E-state index < -0.39 is 6.03 Å².